The van der Waals surface area contributed by atoms with Crippen LogP contribution in [-0.2, 0) is 12.4 Å². The van der Waals surface area contributed by atoms with Crippen LogP contribution in [0.25, 0.3) is 94.3 Å². The zero-order chi connectivity index (χ0) is 61.7. The fraction of sp³-hybridized carbons (Fsp3) is 0.0370. The summed E-state index contributed by atoms with van der Waals surface area (Å²) in [5.74, 6) is 0. The Bertz CT molecular complexity index is 4860. The van der Waals surface area contributed by atoms with Crippen molar-refractivity contribution in [2.24, 2.45) is 0 Å². The number of halogens is 6. The highest BCUT2D eigenvalue weighted by molar-refractivity contribution is 7.00. The molecule has 2 aliphatic heterocycles. The Hall–Kier alpha value is -11.1. The summed E-state index contributed by atoms with van der Waals surface area (Å²) in [7, 11) is 0. The second-order valence-electron chi connectivity index (χ2n) is 23.5. The first kappa shape index (κ1) is 55.2. The first-order valence-corrected chi connectivity index (χ1v) is 30.2. The summed E-state index contributed by atoms with van der Waals surface area (Å²) < 4.78 is 91.4. The number of fused-ring (bicyclic) bond motifs is 7. The Kier molecular flexibility index (Phi) is 13.1. The Labute approximate surface area is 522 Å². The van der Waals surface area contributed by atoms with E-state index in [0.29, 0.717) is 16.6 Å². The van der Waals surface area contributed by atoms with E-state index in [-0.39, 0.29) is 23.5 Å². The van der Waals surface area contributed by atoms with Crippen molar-refractivity contribution in [1.82, 2.24) is 4.57 Å². The zero-order valence-corrected chi connectivity index (χ0v) is 49.0. The fourth-order valence-electron chi connectivity index (χ4n) is 14.0. The lowest BCUT2D eigenvalue weighted by Gasteiger charge is -2.44. The highest BCUT2D eigenvalue weighted by Crippen LogP contribution is 2.50. The van der Waals surface area contributed by atoms with Crippen LogP contribution in [0.4, 0.5) is 60.5 Å². The molecule has 0 N–H and O–H groups in total. The topological polar surface area (TPSA) is 11.4 Å². The quantitative estimate of drug-likeness (QED) is 0.105. The molecule has 0 spiro atoms. The van der Waals surface area contributed by atoms with Gasteiger partial charge in [-0.2, -0.15) is 26.3 Å². The minimum absolute atomic E-state index is 0.175. The van der Waals surface area contributed by atoms with Gasteiger partial charge in [-0.05, 0) is 188 Å². The lowest BCUT2D eigenvalue weighted by molar-refractivity contribution is -0.137. The molecule has 0 radical (unpaired) electrons. The Balaban J connectivity index is 0.985. The number of hydrogen-bond donors (Lipinski definition) is 0. The normalized spacial score (nSPS) is 12.7. The van der Waals surface area contributed by atoms with Crippen LogP contribution in [0.5, 0.6) is 0 Å². The van der Waals surface area contributed by atoms with Gasteiger partial charge in [0, 0.05) is 50.5 Å². The summed E-state index contributed by atoms with van der Waals surface area (Å²) in [5, 5.41) is 1.53. The van der Waals surface area contributed by atoms with E-state index in [2.05, 4.69) is 210 Å². The van der Waals surface area contributed by atoms with Gasteiger partial charge < -0.3 is 14.4 Å². The smallest absolute Gasteiger partial charge is 0.311 e. The van der Waals surface area contributed by atoms with Gasteiger partial charge >= 0.3 is 12.4 Å². The first-order chi connectivity index (χ1) is 44.3. The van der Waals surface area contributed by atoms with Gasteiger partial charge in [-0.1, -0.05) is 200 Å². The van der Waals surface area contributed by atoms with Gasteiger partial charge in [0.05, 0.1) is 27.8 Å². The molecule has 16 rings (SSSR count). The molecule has 436 valence electrons. The van der Waals surface area contributed by atoms with Crippen LogP contribution in [0.2, 0.25) is 0 Å². The molecule has 2 aliphatic rings. The summed E-state index contributed by atoms with van der Waals surface area (Å²) in [6.07, 6.45) is -9.70. The lowest BCUT2D eigenvalue weighted by atomic mass is 9.33. The van der Waals surface area contributed by atoms with E-state index in [1.54, 1.807) is 4.57 Å². The summed E-state index contributed by atoms with van der Waals surface area (Å²) in [6, 6.07) is 98.1. The third-order valence-corrected chi connectivity index (χ3v) is 18.0. The summed E-state index contributed by atoms with van der Waals surface area (Å²) in [5.41, 5.74) is 18.7. The number of nitrogens with zero attached hydrogens (tertiary/aromatic N) is 3. The van der Waals surface area contributed by atoms with Gasteiger partial charge in [-0.15, -0.1) is 0 Å². The van der Waals surface area contributed by atoms with E-state index < -0.39 is 23.5 Å². The molecule has 91 heavy (non-hydrogen) atoms. The molecule has 0 atom stereocenters. The Morgan fingerprint density at radius 1 is 0.297 bits per heavy atom. The fourth-order valence-corrected chi connectivity index (χ4v) is 14.0. The van der Waals surface area contributed by atoms with Crippen molar-refractivity contribution in [3.05, 3.63) is 314 Å². The largest absolute Gasteiger partial charge is 0.417 e. The van der Waals surface area contributed by atoms with E-state index >= 15 is 13.2 Å². The molecule has 1 aromatic heterocycles. The summed E-state index contributed by atoms with van der Waals surface area (Å²) >= 11 is 0. The van der Waals surface area contributed by atoms with E-state index in [1.165, 1.54) is 25.1 Å². The average molecular weight is 1190 g/mol. The third kappa shape index (κ3) is 9.56. The maximum Gasteiger partial charge on any atom is 0.417 e. The predicted octanol–water partition coefficient (Wildman–Crippen LogP) is 21.2. The minimum atomic E-state index is -4.87. The number of hydrogen-bond acceptors (Lipinski definition) is 2. The Morgan fingerprint density at radius 2 is 0.747 bits per heavy atom. The molecule has 0 amide bonds. The molecule has 0 fully saturated rings. The molecular weight excluding hydrogens is 1140 g/mol. The zero-order valence-electron chi connectivity index (χ0n) is 49.0. The van der Waals surface area contributed by atoms with Crippen molar-refractivity contribution in [1.29, 1.82) is 0 Å². The van der Waals surface area contributed by atoms with Gasteiger partial charge in [0.15, 0.2) is 0 Å². The van der Waals surface area contributed by atoms with Crippen LogP contribution in [0.3, 0.4) is 0 Å². The van der Waals surface area contributed by atoms with Crippen LogP contribution in [0.1, 0.15) is 16.7 Å². The number of alkyl halides is 6. The number of aryl methyl sites for hydroxylation is 1. The van der Waals surface area contributed by atoms with Gasteiger partial charge in [-0.25, -0.2) is 0 Å². The molecule has 0 saturated heterocycles. The molecular formula is C81H52BF6N3. The summed E-state index contributed by atoms with van der Waals surface area (Å²) in [4.78, 5) is 4.84. The number of rotatable bonds is 9. The maximum atomic E-state index is 15.1. The number of aromatic nitrogens is 1. The monoisotopic (exact) mass is 1190 g/mol. The number of para-hydroxylation sites is 3. The van der Waals surface area contributed by atoms with Crippen molar-refractivity contribution >= 4 is 79.0 Å². The molecule has 3 heterocycles. The standard InChI is InChI=1S/C81H52BF6N3/c1-51-34-37-65(69(40-51)81(86,87)88)68-50-62(80(83,84)85)36-39-74(68)91-72-31-17-14-28-66(72)67-47-56(35-38-73(67)91)61-48-77-79-78(49-61)90(64-45-59(54-24-10-4-11-25-54)42-60(46-64)55-26-12-5-13-27-55)76-33-19-16-30-71(76)82(79)70-29-15-18-32-75(70)89(77)63-43-57(52-20-6-2-7-21-52)41-58(44-63)53-22-8-3-9-23-53/h2-50H,1H3. The molecule has 14 aromatic rings. The molecule has 0 aliphatic carbocycles. The third-order valence-electron chi connectivity index (χ3n) is 18.0. The molecule has 0 unspecified atom stereocenters. The Morgan fingerprint density at radius 3 is 1.24 bits per heavy atom. The van der Waals surface area contributed by atoms with E-state index in [1.807, 2.05) is 60.7 Å². The number of anilines is 6. The summed E-state index contributed by atoms with van der Waals surface area (Å²) in [6.45, 7) is 1.33. The maximum absolute atomic E-state index is 15.1. The van der Waals surface area contributed by atoms with Gasteiger partial charge in [0.2, 0.25) is 0 Å². The molecule has 10 heteroatoms. The van der Waals surface area contributed by atoms with Crippen molar-refractivity contribution in [2.45, 2.75) is 19.3 Å². The second kappa shape index (κ2) is 21.6. The van der Waals surface area contributed by atoms with E-state index in [4.69, 9.17) is 0 Å². The van der Waals surface area contributed by atoms with Gasteiger partial charge in [0.25, 0.3) is 6.71 Å². The highest BCUT2D eigenvalue weighted by atomic mass is 19.4. The SMILES string of the molecule is Cc1ccc(-c2cc(C(F)(F)F)ccc2-n2c3ccccc3c3cc(-c4cc5c6c(c4)N(c4cc(-c7ccccc7)cc(-c7ccccc7)c4)c4ccccc4B6c4ccccc4N5c4cc(-c5ccccc5)cc(-c5ccccc5)c4)ccc32)c(C(F)(F)F)c1. The first-order valence-electron chi connectivity index (χ1n) is 30.2. The van der Waals surface area contributed by atoms with E-state index in [9.17, 15) is 13.2 Å². The van der Waals surface area contributed by atoms with Crippen LogP contribution in [0, 0.1) is 6.92 Å². The van der Waals surface area contributed by atoms with Crippen LogP contribution in [0.15, 0.2) is 297 Å². The van der Waals surface area contributed by atoms with Crippen molar-refractivity contribution < 1.29 is 26.3 Å². The van der Waals surface area contributed by atoms with Gasteiger partial charge in [0.1, 0.15) is 0 Å². The number of benzene rings is 13. The predicted molar refractivity (Wildman–Crippen MR) is 362 cm³/mol. The average Bonchev–Trinajstić information content (AvgIpc) is 0.862. The molecule has 3 nitrogen and oxygen atoms in total. The molecule has 13 aromatic carbocycles. The van der Waals surface area contributed by atoms with Crippen molar-refractivity contribution in [2.75, 3.05) is 9.80 Å². The molecule has 0 bridgehead atoms. The van der Waals surface area contributed by atoms with Crippen LogP contribution >= 0.6 is 0 Å². The second-order valence-corrected chi connectivity index (χ2v) is 23.5. The van der Waals surface area contributed by atoms with Gasteiger partial charge in [-0.3, -0.25) is 0 Å². The van der Waals surface area contributed by atoms with Crippen molar-refractivity contribution in [3.8, 4) is 72.4 Å². The van der Waals surface area contributed by atoms with E-state index in [0.717, 1.165) is 135 Å². The minimum Gasteiger partial charge on any atom is -0.311 e. The lowest BCUT2D eigenvalue weighted by Crippen LogP contribution is -2.61. The van der Waals surface area contributed by atoms with Crippen LogP contribution < -0.4 is 26.2 Å². The highest BCUT2D eigenvalue weighted by Gasteiger charge is 2.44. The van der Waals surface area contributed by atoms with Crippen LogP contribution in [-0.4, -0.2) is 11.3 Å². The van der Waals surface area contributed by atoms with Crippen molar-refractivity contribution in [3.63, 3.8) is 0 Å². The molecule has 0 saturated carbocycles.